The molecule has 3 nitrogen and oxygen atoms in total. The summed E-state index contributed by atoms with van der Waals surface area (Å²) < 4.78 is 25.2. The number of benzene rings is 1. The van der Waals surface area contributed by atoms with Crippen LogP contribution in [0.15, 0.2) is 12.1 Å². The Kier molecular flexibility index (Phi) is 3.12. The van der Waals surface area contributed by atoms with Gasteiger partial charge in [-0.2, -0.15) is 0 Å². The summed E-state index contributed by atoms with van der Waals surface area (Å²) in [6.07, 6.45) is 0. The lowest BCUT2D eigenvalue weighted by Gasteiger charge is -2.32. The van der Waals surface area contributed by atoms with Crippen LogP contribution in [0.2, 0.25) is 5.02 Å². The van der Waals surface area contributed by atoms with Gasteiger partial charge in [0.15, 0.2) is 0 Å². The first-order chi connectivity index (χ1) is 8.14. The van der Waals surface area contributed by atoms with Crippen molar-refractivity contribution in [3.63, 3.8) is 0 Å². The predicted octanol–water partition coefficient (Wildman–Crippen LogP) is 2.36. The molecule has 2 N–H and O–H groups in total. The lowest BCUT2D eigenvalue weighted by molar-refractivity contribution is 0.00578. The zero-order valence-corrected chi connectivity index (χ0v) is 11.6. The molecular formula is C12H16BClFNO2. The van der Waals surface area contributed by atoms with Crippen LogP contribution in [0.5, 0.6) is 0 Å². The third kappa shape index (κ3) is 2.11. The zero-order chi connectivity index (χ0) is 13.7. The summed E-state index contributed by atoms with van der Waals surface area (Å²) in [5.74, 6) is -0.568. The summed E-state index contributed by atoms with van der Waals surface area (Å²) in [5.41, 5.74) is 5.34. The molecule has 2 rings (SSSR count). The first-order valence-electron chi connectivity index (χ1n) is 5.74. The molecule has 1 aromatic rings. The normalized spacial score (nSPS) is 21.3. The minimum Gasteiger partial charge on any atom is -0.399 e. The van der Waals surface area contributed by atoms with Crippen LogP contribution in [-0.2, 0) is 9.31 Å². The molecule has 0 bridgehead atoms. The molecule has 0 saturated carbocycles. The van der Waals surface area contributed by atoms with Crippen LogP contribution in [0.25, 0.3) is 0 Å². The summed E-state index contributed by atoms with van der Waals surface area (Å²) in [4.78, 5) is 0. The van der Waals surface area contributed by atoms with E-state index in [4.69, 9.17) is 26.6 Å². The van der Waals surface area contributed by atoms with E-state index in [9.17, 15) is 4.39 Å². The highest BCUT2D eigenvalue weighted by molar-refractivity contribution is 6.65. The molecule has 1 aliphatic heterocycles. The van der Waals surface area contributed by atoms with E-state index < -0.39 is 24.1 Å². The maximum atomic E-state index is 13.6. The molecule has 0 unspecified atom stereocenters. The van der Waals surface area contributed by atoms with Crippen molar-refractivity contribution >= 4 is 29.9 Å². The van der Waals surface area contributed by atoms with Crippen molar-refractivity contribution in [3.8, 4) is 0 Å². The Hall–Kier alpha value is -0.775. The topological polar surface area (TPSA) is 44.5 Å². The second-order valence-corrected chi connectivity index (χ2v) is 5.87. The highest BCUT2D eigenvalue weighted by atomic mass is 35.5. The third-order valence-corrected chi connectivity index (χ3v) is 3.98. The van der Waals surface area contributed by atoms with Gasteiger partial charge >= 0.3 is 7.12 Å². The van der Waals surface area contributed by atoms with E-state index in [1.165, 1.54) is 6.07 Å². The van der Waals surface area contributed by atoms with E-state index in [0.29, 0.717) is 11.2 Å². The van der Waals surface area contributed by atoms with E-state index in [0.717, 1.165) is 0 Å². The summed E-state index contributed by atoms with van der Waals surface area (Å²) in [7, 11) is -0.708. The molecule has 0 aromatic heterocycles. The van der Waals surface area contributed by atoms with Crippen molar-refractivity contribution in [2.75, 3.05) is 5.73 Å². The predicted molar refractivity (Wildman–Crippen MR) is 71.5 cm³/mol. The number of nitrogen functional groups attached to an aromatic ring is 1. The van der Waals surface area contributed by atoms with Gasteiger partial charge < -0.3 is 15.0 Å². The molecule has 1 heterocycles. The van der Waals surface area contributed by atoms with Crippen molar-refractivity contribution in [1.82, 2.24) is 0 Å². The van der Waals surface area contributed by atoms with Gasteiger partial charge in [0, 0.05) is 11.2 Å². The molecule has 98 valence electrons. The van der Waals surface area contributed by atoms with Gasteiger partial charge in [-0.25, -0.2) is 4.39 Å². The van der Waals surface area contributed by atoms with Crippen molar-refractivity contribution in [2.24, 2.45) is 0 Å². The first kappa shape index (κ1) is 13.7. The van der Waals surface area contributed by atoms with Gasteiger partial charge in [0.05, 0.1) is 16.2 Å². The van der Waals surface area contributed by atoms with Crippen molar-refractivity contribution in [2.45, 2.75) is 38.9 Å². The van der Waals surface area contributed by atoms with Gasteiger partial charge in [-0.15, -0.1) is 0 Å². The first-order valence-corrected chi connectivity index (χ1v) is 6.12. The van der Waals surface area contributed by atoms with E-state index in [2.05, 4.69) is 0 Å². The number of rotatable bonds is 1. The van der Waals surface area contributed by atoms with Crippen molar-refractivity contribution < 1.29 is 13.7 Å². The van der Waals surface area contributed by atoms with Gasteiger partial charge in [0.1, 0.15) is 5.82 Å². The van der Waals surface area contributed by atoms with E-state index in [1.54, 1.807) is 6.07 Å². The molecule has 0 amide bonds. The Morgan fingerprint density at radius 2 is 1.67 bits per heavy atom. The maximum Gasteiger partial charge on any atom is 0.496 e. The van der Waals surface area contributed by atoms with Crippen molar-refractivity contribution in [1.29, 1.82) is 0 Å². The lowest BCUT2D eigenvalue weighted by atomic mass is 9.78. The molecule has 1 fully saturated rings. The van der Waals surface area contributed by atoms with Crippen molar-refractivity contribution in [3.05, 3.63) is 23.0 Å². The van der Waals surface area contributed by atoms with Gasteiger partial charge in [-0.05, 0) is 39.8 Å². The van der Waals surface area contributed by atoms with Crippen LogP contribution >= 0.6 is 11.6 Å². The molecule has 1 aromatic carbocycles. The van der Waals surface area contributed by atoms with Gasteiger partial charge in [-0.1, -0.05) is 11.6 Å². The molecule has 1 saturated heterocycles. The maximum absolute atomic E-state index is 13.6. The highest BCUT2D eigenvalue weighted by Crippen LogP contribution is 2.37. The Bertz CT molecular complexity index is 477. The van der Waals surface area contributed by atoms with Gasteiger partial charge in [0.25, 0.3) is 0 Å². The zero-order valence-electron chi connectivity index (χ0n) is 10.9. The van der Waals surface area contributed by atoms with Crippen LogP contribution in [0.1, 0.15) is 27.7 Å². The second-order valence-electron chi connectivity index (χ2n) is 5.49. The van der Waals surface area contributed by atoms with Crippen LogP contribution in [0.4, 0.5) is 10.1 Å². The number of nitrogens with two attached hydrogens (primary N) is 1. The standard InChI is InChI=1S/C12H16BClFNO2/c1-11(2)12(3,4)18-13(17-11)8-5-7(16)6-9(15)10(8)14/h5-6H,16H2,1-4H3. The summed E-state index contributed by atoms with van der Waals surface area (Å²) in [6, 6.07) is 2.75. The minimum atomic E-state index is -0.708. The van der Waals surface area contributed by atoms with E-state index >= 15 is 0 Å². The Labute approximate surface area is 112 Å². The SMILES string of the molecule is CC1(C)OB(c2cc(N)cc(F)c2Cl)OC1(C)C. The second kappa shape index (κ2) is 4.12. The van der Waals surface area contributed by atoms with Crippen LogP contribution in [0.3, 0.4) is 0 Å². The molecule has 0 spiro atoms. The van der Waals surface area contributed by atoms with Crippen LogP contribution < -0.4 is 11.2 Å². The smallest absolute Gasteiger partial charge is 0.399 e. The molecule has 6 heteroatoms. The number of hydrogen-bond acceptors (Lipinski definition) is 3. The third-order valence-electron chi connectivity index (χ3n) is 3.59. The molecule has 0 aliphatic carbocycles. The summed E-state index contributed by atoms with van der Waals surface area (Å²) in [5, 5.41) is -0.0114. The fraction of sp³-hybridized carbons (Fsp3) is 0.500. The molecule has 0 atom stereocenters. The molecule has 1 aliphatic rings. The lowest BCUT2D eigenvalue weighted by Crippen LogP contribution is -2.41. The Morgan fingerprint density at radius 1 is 1.17 bits per heavy atom. The van der Waals surface area contributed by atoms with Gasteiger partial charge in [0.2, 0.25) is 0 Å². The average Bonchev–Trinajstić information content (AvgIpc) is 2.42. The Balaban J connectivity index is 2.41. The highest BCUT2D eigenvalue weighted by Gasteiger charge is 2.52. The van der Waals surface area contributed by atoms with Crippen LogP contribution in [-0.4, -0.2) is 18.3 Å². The number of hydrogen-bond donors (Lipinski definition) is 1. The molecular weight excluding hydrogens is 255 g/mol. The monoisotopic (exact) mass is 271 g/mol. The molecule has 0 radical (unpaired) electrons. The summed E-state index contributed by atoms with van der Waals surface area (Å²) in [6.45, 7) is 7.68. The fourth-order valence-electron chi connectivity index (χ4n) is 1.77. The minimum absolute atomic E-state index is 0.0114. The average molecular weight is 272 g/mol. The largest absolute Gasteiger partial charge is 0.496 e. The fourth-order valence-corrected chi connectivity index (χ4v) is 1.97. The number of anilines is 1. The number of halogens is 2. The van der Waals surface area contributed by atoms with E-state index in [-0.39, 0.29) is 5.02 Å². The summed E-state index contributed by atoms with van der Waals surface area (Å²) >= 11 is 5.94. The Morgan fingerprint density at radius 3 is 2.17 bits per heavy atom. The quantitative estimate of drug-likeness (QED) is 0.630. The van der Waals surface area contributed by atoms with Crippen LogP contribution in [0, 0.1) is 5.82 Å². The molecule has 18 heavy (non-hydrogen) atoms. The van der Waals surface area contributed by atoms with E-state index in [1.807, 2.05) is 27.7 Å². The van der Waals surface area contributed by atoms with Gasteiger partial charge in [-0.3, -0.25) is 0 Å².